The van der Waals surface area contributed by atoms with Gasteiger partial charge in [0.1, 0.15) is 6.10 Å². The molecule has 0 aliphatic heterocycles. The molecule has 0 aromatic carbocycles. The van der Waals surface area contributed by atoms with Gasteiger partial charge in [0.05, 0.1) is 12.7 Å². The lowest BCUT2D eigenvalue weighted by Gasteiger charge is -2.18. The Morgan fingerprint density at radius 3 is 0.734 bits per heavy atom. The maximum absolute atomic E-state index is 12.8. The molecule has 0 fully saturated rings. The molecule has 1 N–H and O–H groups in total. The summed E-state index contributed by atoms with van der Waals surface area (Å²) in [4.78, 5) is 25.0. The van der Waals surface area contributed by atoms with Gasteiger partial charge in [0.25, 0.3) is 0 Å². The van der Waals surface area contributed by atoms with E-state index >= 15 is 0 Å². The molecule has 0 rings (SSSR count). The monoisotopic (exact) mass is 1120 g/mol. The van der Waals surface area contributed by atoms with Crippen molar-refractivity contribution in [1.82, 2.24) is 0 Å². The highest BCUT2D eigenvalue weighted by Gasteiger charge is 2.15. The second-order valence-electron chi connectivity index (χ2n) is 25.8. The first-order valence-corrected chi connectivity index (χ1v) is 37.1. The molecule has 0 aliphatic rings. The summed E-state index contributed by atoms with van der Waals surface area (Å²) in [6.07, 6.45) is 85.3. The molecule has 5 heteroatoms. The van der Waals surface area contributed by atoms with Gasteiger partial charge in [-0.3, -0.25) is 9.59 Å². The largest absolute Gasteiger partial charge is 0.466 e. The maximum Gasteiger partial charge on any atom is 0.306 e. The SMILES string of the molecule is CCCCCCCCCCCCCCCCCCCCCCCCCCCCCCCCCCCCCCOC(=O)CCCCCCCCCCC(CCCCCC)OC(=O)CCCCCCCCCCC(O)CCCCCC. The van der Waals surface area contributed by atoms with Crippen molar-refractivity contribution >= 4 is 11.9 Å². The summed E-state index contributed by atoms with van der Waals surface area (Å²) in [5, 5.41) is 10.2. The average Bonchev–Trinajstić information content (AvgIpc) is 3.44. The zero-order valence-corrected chi connectivity index (χ0v) is 54.6. The van der Waals surface area contributed by atoms with Crippen molar-refractivity contribution in [2.45, 2.75) is 457 Å². The van der Waals surface area contributed by atoms with Crippen molar-refractivity contribution in [2.24, 2.45) is 0 Å². The Morgan fingerprint density at radius 2 is 0.456 bits per heavy atom. The fraction of sp³-hybridized carbons (Fsp3) is 0.973. The van der Waals surface area contributed by atoms with Gasteiger partial charge in [0.2, 0.25) is 0 Å². The second-order valence-corrected chi connectivity index (χ2v) is 25.8. The number of ether oxygens (including phenoxy) is 2. The van der Waals surface area contributed by atoms with Gasteiger partial charge in [-0.2, -0.15) is 0 Å². The predicted molar refractivity (Wildman–Crippen MR) is 349 cm³/mol. The van der Waals surface area contributed by atoms with E-state index < -0.39 is 0 Å². The molecule has 2 atom stereocenters. The van der Waals surface area contributed by atoms with Gasteiger partial charge in [-0.05, 0) is 57.8 Å². The normalized spacial score (nSPS) is 12.4. The van der Waals surface area contributed by atoms with E-state index in [0.29, 0.717) is 19.4 Å². The smallest absolute Gasteiger partial charge is 0.306 e. The maximum atomic E-state index is 12.8. The Hall–Kier alpha value is -1.10. The minimum absolute atomic E-state index is 0.000525. The molecule has 0 amide bonds. The number of aliphatic hydroxyl groups is 1. The van der Waals surface area contributed by atoms with Crippen molar-refractivity contribution in [3.63, 3.8) is 0 Å². The molecule has 0 aliphatic carbocycles. The Kier molecular flexibility index (Phi) is 68.4. The molecule has 5 nitrogen and oxygen atoms in total. The van der Waals surface area contributed by atoms with Crippen LogP contribution in [0.4, 0.5) is 0 Å². The van der Waals surface area contributed by atoms with E-state index in [1.165, 1.54) is 334 Å². The lowest BCUT2D eigenvalue weighted by Crippen LogP contribution is -2.18. The van der Waals surface area contributed by atoms with Crippen LogP contribution in [0.1, 0.15) is 445 Å². The Morgan fingerprint density at radius 1 is 0.253 bits per heavy atom. The van der Waals surface area contributed by atoms with E-state index in [1.807, 2.05) is 0 Å². The summed E-state index contributed by atoms with van der Waals surface area (Å²) < 4.78 is 11.6. The molecule has 2 unspecified atom stereocenters. The number of hydrogen-bond donors (Lipinski definition) is 1. The highest BCUT2D eigenvalue weighted by atomic mass is 16.5. The van der Waals surface area contributed by atoms with Gasteiger partial charge in [0, 0.05) is 12.8 Å². The molecule has 0 saturated carbocycles. The number of aliphatic hydroxyl groups excluding tert-OH is 1. The molecule has 0 aromatic rings. The van der Waals surface area contributed by atoms with E-state index in [1.54, 1.807) is 0 Å². The average molecular weight is 1120 g/mol. The lowest BCUT2D eigenvalue weighted by molar-refractivity contribution is -0.150. The van der Waals surface area contributed by atoms with Gasteiger partial charge in [-0.15, -0.1) is 0 Å². The van der Waals surface area contributed by atoms with Gasteiger partial charge in [-0.1, -0.05) is 374 Å². The summed E-state index contributed by atoms with van der Waals surface area (Å²) >= 11 is 0. The quantitative estimate of drug-likeness (QED) is 0.0485. The van der Waals surface area contributed by atoms with Crippen molar-refractivity contribution in [3.05, 3.63) is 0 Å². The summed E-state index contributed by atoms with van der Waals surface area (Å²) in [5.74, 6) is 0.0181. The van der Waals surface area contributed by atoms with Gasteiger partial charge < -0.3 is 14.6 Å². The third-order valence-electron chi connectivity index (χ3n) is 17.7. The van der Waals surface area contributed by atoms with Crippen LogP contribution in [0.5, 0.6) is 0 Å². The van der Waals surface area contributed by atoms with Crippen molar-refractivity contribution in [3.8, 4) is 0 Å². The highest BCUT2D eigenvalue weighted by molar-refractivity contribution is 5.69. The van der Waals surface area contributed by atoms with E-state index in [2.05, 4.69) is 20.8 Å². The van der Waals surface area contributed by atoms with Gasteiger partial charge in [0.15, 0.2) is 0 Å². The molecule has 0 heterocycles. The van der Waals surface area contributed by atoms with Crippen LogP contribution >= 0.6 is 0 Å². The zero-order valence-electron chi connectivity index (χ0n) is 54.6. The van der Waals surface area contributed by atoms with E-state index in [-0.39, 0.29) is 24.1 Å². The topological polar surface area (TPSA) is 72.8 Å². The first-order chi connectivity index (χ1) is 39.0. The third kappa shape index (κ3) is 67.6. The minimum atomic E-state index is -0.0958. The molecule has 79 heavy (non-hydrogen) atoms. The van der Waals surface area contributed by atoms with Crippen LogP contribution in [0.3, 0.4) is 0 Å². The second kappa shape index (κ2) is 69.4. The molecule has 472 valence electrons. The molecular weight excluding hydrogens is 969 g/mol. The number of carbonyl (C=O) groups is 2. The Bertz CT molecular complexity index is 1140. The zero-order chi connectivity index (χ0) is 57.1. The number of unbranched alkanes of at least 4 members (excludes halogenated alkanes) is 55. The predicted octanol–water partition coefficient (Wildman–Crippen LogP) is 25.6. The first kappa shape index (κ1) is 77.9. The fourth-order valence-electron chi connectivity index (χ4n) is 12.1. The summed E-state index contributed by atoms with van der Waals surface area (Å²) in [6, 6.07) is 0. The van der Waals surface area contributed by atoms with Crippen LogP contribution < -0.4 is 0 Å². The Balaban J connectivity index is 3.49. The number of rotatable bonds is 70. The molecule has 0 saturated heterocycles. The van der Waals surface area contributed by atoms with Crippen LogP contribution in [0, 0.1) is 0 Å². The van der Waals surface area contributed by atoms with Crippen LogP contribution in [0.25, 0.3) is 0 Å². The van der Waals surface area contributed by atoms with Crippen LogP contribution in [0.2, 0.25) is 0 Å². The van der Waals surface area contributed by atoms with Gasteiger partial charge in [-0.25, -0.2) is 0 Å². The molecule has 0 spiro atoms. The van der Waals surface area contributed by atoms with E-state index in [4.69, 9.17) is 9.47 Å². The number of carbonyl (C=O) groups excluding carboxylic acids is 2. The summed E-state index contributed by atoms with van der Waals surface area (Å²) in [5.41, 5.74) is 0. The third-order valence-corrected chi connectivity index (χ3v) is 17.7. The van der Waals surface area contributed by atoms with E-state index in [9.17, 15) is 14.7 Å². The van der Waals surface area contributed by atoms with Gasteiger partial charge >= 0.3 is 11.9 Å². The standard InChI is InChI=1S/C74H146O5/c1-4-7-10-13-14-15-16-17-18-19-20-21-22-23-24-25-26-27-28-29-30-31-32-33-34-35-36-37-38-39-40-41-46-51-56-63-70-78-73(76)68-61-54-49-45-43-48-53-60-67-72(66-59-12-9-6-3)79-74(77)69-62-55-50-44-42-47-52-58-65-71(75)64-57-11-8-5-2/h71-72,75H,4-70H2,1-3H3. The molecular formula is C74H146O5. The lowest BCUT2D eigenvalue weighted by atomic mass is 10.0. The van der Waals surface area contributed by atoms with Crippen molar-refractivity contribution in [2.75, 3.05) is 6.61 Å². The van der Waals surface area contributed by atoms with E-state index in [0.717, 1.165) is 77.0 Å². The highest BCUT2D eigenvalue weighted by Crippen LogP contribution is 2.21. The van der Waals surface area contributed by atoms with Crippen LogP contribution in [-0.4, -0.2) is 35.9 Å². The minimum Gasteiger partial charge on any atom is -0.466 e. The summed E-state index contributed by atoms with van der Waals surface area (Å²) in [6.45, 7) is 7.40. The molecule has 0 radical (unpaired) electrons. The number of hydrogen-bond acceptors (Lipinski definition) is 5. The van der Waals surface area contributed by atoms with Crippen LogP contribution in [-0.2, 0) is 19.1 Å². The molecule has 0 bridgehead atoms. The van der Waals surface area contributed by atoms with Crippen LogP contribution in [0.15, 0.2) is 0 Å². The fourth-order valence-corrected chi connectivity index (χ4v) is 12.1. The number of esters is 2. The van der Waals surface area contributed by atoms with Crippen molar-refractivity contribution < 1.29 is 24.2 Å². The molecule has 0 aromatic heterocycles. The Labute approximate surface area is 497 Å². The summed E-state index contributed by atoms with van der Waals surface area (Å²) in [7, 11) is 0. The first-order valence-electron chi connectivity index (χ1n) is 37.1. The van der Waals surface area contributed by atoms with Crippen molar-refractivity contribution in [1.29, 1.82) is 0 Å².